The van der Waals surface area contributed by atoms with Crippen LogP contribution in [0.2, 0.25) is 0 Å². The van der Waals surface area contributed by atoms with Gasteiger partial charge in [-0.2, -0.15) is 0 Å². The van der Waals surface area contributed by atoms with Gasteiger partial charge in [-0.05, 0) is 30.7 Å². The molecule has 122 valence electrons. The summed E-state index contributed by atoms with van der Waals surface area (Å²) in [7, 11) is 0. The van der Waals surface area contributed by atoms with E-state index in [4.69, 9.17) is 0 Å². The van der Waals surface area contributed by atoms with E-state index in [1.165, 1.54) is 0 Å². The van der Waals surface area contributed by atoms with E-state index in [-0.39, 0.29) is 23.1 Å². The first-order valence-corrected chi connectivity index (χ1v) is 8.12. The minimum absolute atomic E-state index is 0.122. The van der Waals surface area contributed by atoms with E-state index in [1.807, 2.05) is 36.1 Å². The second-order valence-electron chi connectivity index (χ2n) is 6.87. The zero-order chi connectivity index (χ0) is 16.4. The fourth-order valence-electron chi connectivity index (χ4n) is 3.68. The van der Waals surface area contributed by atoms with Crippen molar-refractivity contribution in [2.75, 3.05) is 13.1 Å². The Morgan fingerprint density at radius 2 is 1.83 bits per heavy atom. The average molecular weight is 314 g/mol. The lowest BCUT2D eigenvalue weighted by Crippen LogP contribution is -2.51. The van der Waals surface area contributed by atoms with Gasteiger partial charge in [-0.25, -0.2) is 0 Å². The molecule has 5 nitrogen and oxygen atoms in total. The number of aryl methyl sites for hydroxylation is 1. The summed E-state index contributed by atoms with van der Waals surface area (Å²) in [4.78, 5) is 37.6. The van der Waals surface area contributed by atoms with Crippen LogP contribution in [0.1, 0.15) is 36.8 Å². The van der Waals surface area contributed by atoms with Crippen molar-refractivity contribution in [3.8, 4) is 0 Å². The largest absolute Gasteiger partial charge is 0.342 e. The van der Waals surface area contributed by atoms with Gasteiger partial charge < -0.3 is 4.90 Å². The Morgan fingerprint density at radius 3 is 2.43 bits per heavy atom. The summed E-state index contributed by atoms with van der Waals surface area (Å²) in [5, 5.41) is 2.36. The highest BCUT2D eigenvalue weighted by Gasteiger charge is 2.42. The maximum absolute atomic E-state index is 12.5. The molecular formula is C18H22N2O3. The average Bonchev–Trinajstić information content (AvgIpc) is 2.46. The molecule has 1 N–H and O–H groups in total. The van der Waals surface area contributed by atoms with Gasteiger partial charge in [0.25, 0.3) is 0 Å². The van der Waals surface area contributed by atoms with Crippen LogP contribution in [0.3, 0.4) is 0 Å². The molecule has 0 saturated carbocycles. The number of benzene rings is 1. The second kappa shape index (κ2) is 6.14. The van der Waals surface area contributed by atoms with Crippen molar-refractivity contribution in [1.29, 1.82) is 0 Å². The second-order valence-corrected chi connectivity index (χ2v) is 6.87. The molecule has 0 atom stereocenters. The van der Waals surface area contributed by atoms with E-state index in [9.17, 15) is 14.4 Å². The first-order chi connectivity index (χ1) is 11.0. The van der Waals surface area contributed by atoms with Crippen LogP contribution in [0.15, 0.2) is 24.3 Å². The van der Waals surface area contributed by atoms with Crippen molar-refractivity contribution in [2.24, 2.45) is 5.41 Å². The predicted molar refractivity (Wildman–Crippen MR) is 85.5 cm³/mol. The minimum Gasteiger partial charge on any atom is -0.342 e. The molecule has 2 aliphatic heterocycles. The molecular weight excluding hydrogens is 292 g/mol. The topological polar surface area (TPSA) is 66.5 Å². The summed E-state index contributed by atoms with van der Waals surface area (Å²) in [6.45, 7) is 3.28. The molecule has 1 aromatic carbocycles. The Balaban J connectivity index is 1.59. The van der Waals surface area contributed by atoms with E-state index < -0.39 is 0 Å². The number of hydrogen-bond donors (Lipinski definition) is 1. The number of likely N-dealkylation sites (tertiary alicyclic amines) is 1. The number of carbonyl (C=O) groups excluding carboxylic acids is 3. The molecule has 0 aromatic heterocycles. The molecule has 0 unspecified atom stereocenters. The van der Waals surface area contributed by atoms with E-state index in [2.05, 4.69) is 5.32 Å². The van der Waals surface area contributed by atoms with E-state index in [0.29, 0.717) is 32.4 Å². The van der Waals surface area contributed by atoms with Crippen LogP contribution >= 0.6 is 0 Å². The van der Waals surface area contributed by atoms with Crippen molar-refractivity contribution in [2.45, 2.75) is 39.0 Å². The molecule has 3 rings (SSSR count). The Morgan fingerprint density at radius 1 is 1.17 bits per heavy atom. The van der Waals surface area contributed by atoms with Crippen LogP contribution in [0.4, 0.5) is 0 Å². The Labute approximate surface area is 136 Å². The number of carbonyl (C=O) groups is 3. The molecule has 0 aliphatic carbocycles. The number of hydrogen-bond acceptors (Lipinski definition) is 3. The SMILES string of the molecule is Cc1cccc(CC(=O)N2CCC3(CC2)CC(=O)NC(=O)C3)c1. The summed E-state index contributed by atoms with van der Waals surface area (Å²) < 4.78 is 0. The van der Waals surface area contributed by atoms with Gasteiger partial charge in [0.2, 0.25) is 17.7 Å². The number of rotatable bonds is 2. The van der Waals surface area contributed by atoms with Crippen molar-refractivity contribution in [3.63, 3.8) is 0 Å². The fraction of sp³-hybridized carbons (Fsp3) is 0.500. The van der Waals surface area contributed by atoms with Gasteiger partial charge in [-0.3, -0.25) is 19.7 Å². The molecule has 2 aliphatic rings. The van der Waals surface area contributed by atoms with Crippen molar-refractivity contribution >= 4 is 17.7 Å². The predicted octanol–water partition coefficient (Wildman–Crippen LogP) is 1.58. The third kappa shape index (κ3) is 3.60. The quantitative estimate of drug-likeness (QED) is 0.843. The molecule has 2 heterocycles. The normalized spacial score (nSPS) is 20.5. The van der Waals surface area contributed by atoms with E-state index >= 15 is 0 Å². The van der Waals surface area contributed by atoms with Gasteiger partial charge in [0.15, 0.2) is 0 Å². The summed E-state index contributed by atoms with van der Waals surface area (Å²) in [6, 6.07) is 7.99. The number of nitrogens with one attached hydrogen (secondary N) is 1. The Hall–Kier alpha value is -2.17. The van der Waals surface area contributed by atoms with Gasteiger partial charge >= 0.3 is 0 Å². The molecule has 3 amide bonds. The Bertz CT molecular complexity index is 627. The first kappa shape index (κ1) is 15.7. The molecule has 0 bridgehead atoms. The number of amides is 3. The van der Waals surface area contributed by atoms with Crippen LogP contribution in [0.5, 0.6) is 0 Å². The molecule has 23 heavy (non-hydrogen) atoms. The summed E-state index contributed by atoms with van der Waals surface area (Å²) in [5.74, 6) is -0.237. The monoisotopic (exact) mass is 314 g/mol. The van der Waals surface area contributed by atoms with Crippen LogP contribution in [0.25, 0.3) is 0 Å². The van der Waals surface area contributed by atoms with Crippen molar-refractivity contribution in [1.82, 2.24) is 10.2 Å². The van der Waals surface area contributed by atoms with Crippen LogP contribution in [0, 0.1) is 12.3 Å². The zero-order valence-corrected chi connectivity index (χ0v) is 13.4. The molecule has 0 radical (unpaired) electrons. The number of nitrogens with zero attached hydrogens (tertiary/aromatic N) is 1. The molecule has 5 heteroatoms. The smallest absolute Gasteiger partial charge is 0.227 e. The van der Waals surface area contributed by atoms with Gasteiger partial charge in [-0.15, -0.1) is 0 Å². The van der Waals surface area contributed by atoms with Crippen molar-refractivity contribution in [3.05, 3.63) is 35.4 Å². The zero-order valence-electron chi connectivity index (χ0n) is 13.4. The highest BCUT2D eigenvalue weighted by Crippen LogP contribution is 2.40. The fourth-order valence-corrected chi connectivity index (χ4v) is 3.68. The maximum atomic E-state index is 12.5. The summed E-state index contributed by atoms with van der Waals surface area (Å²) in [5.41, 5.74) is 1.95. The Kier molecular flexibility index (Phi) is 4.20. The molecule has 2 saturated heterocycles. The van der Waals surface area contributed by atoms with Crippen LogP contribution < -0.4 is 5.32 Å². The highest BCUT2D eigenvalue weighted by atomic mass is 16.2. The molecule has 1 spiro atoms. The van der Waals surface area contributed by atoms with Crippen LogP contribution in [-0.2, 0) is 20.8 Å². The van der Waals surface area contributed by atoms with Gasteiger partial charge in [0, 0.05) is 25.9 Å². The third-order valence-corrected chi connectivity index (χ3v) is 4.96. The molecule has 2 fully saturated rings. The maximum Gasteiger partial charge on any atom is 0.227 e. The van der Waals surface area contributed by atoms with E-state index in [0.717, 1.165) is 24.0 Å². The van der Waals surface area contributed by atoms with Gasteiger partial charge in [0.1, 0.15) is 0 Å². The van der Waals surface area contributed by atoms with E-state index in [1.54, 1.807) is 0 Å². The van der Waals surface area contributed by atoms with Gasteiger partial charge in [-0.1, -0.05) is 29.8 Å². The highest BCUT2D eigenvalue weighted by molar-refractivity contribution is 5.98. The van der Waals surface area contributed by atoms with Gasteiger partial charge in [0.05, 0.1) is 6.42 Å². The first-order valence-electron chi connectivity index (χ1n) is 8.12. The molecule has 1 aromatic rings. The standard InChI is InChI=1S/C18H22N2O3/c1-13-3-2-4-14(9-13)10-17(23)20-7-5-18(6-8-20)11-15(21)19-16(22)12-18/h2-4,9H,5-8,10-12H2,1H3,(H,19,21,22). The number of piperidine rings is 2. The van der Waals surface area contributed by atoms with Crippen LogP contribution in [-0.4, -0.2) is 35.7 Å². The number of imide groups is 1. The summed E-state index contributed by atoms with van der Waals surface area (Å²) in [6.07, 6.45) is 2.67. The lowest BCUT2D eigenvalue weighted by atomic mass is 9.71. The summed E-state index contributed by atoms with van der Waals surface area (Å²) >= 11 is 0. The van der Waals surface area contributed by atoms with Crippen molar-refractivity contribution < 1.29 is 14.4 Å². The lowest BCUT2D eigenvalue weighted by Gasteiger charge is -2.43. The minimum atomic E-state index is -0.237. The third-order valence-electron chi connectivity index (χ3n) is 4.96. The lowest BCUT2D eigenvalue weighted by molar-refractivity contribution is -0.141.